The lowest BCUT2D eigenvalue weighted by atomic mass is 10.1. The number of hydrogen-bond donors (Lipinski definition) is 2. The van der Waals surface area contributed by atoms with Crippen LogP contribution in [0.15, 0.2) is 64.3 Å². The molecule has 3 aromatic rings. The zero-order valence-corrected chi connectivity index (χ0v) is 21.2. The van der Waals surface area contributed by atoms with Crippen LogP contribution in [-0.2, 0) is 16.0 Å². The van der Waals surface area contributed by atoms with Crippen LogP contribution < -0.4 is 15.5 Å². The van der Waals surface area contributed by atoms with Crippen molar-refractivity contribution in [2.75, 3.05) is 29.9 Å². The zero-order valence-electron chi connectivity index (χ0n) is 21.2. The summed E-state index contributed by atoms with van der Waals surface area (Å²) in [6.07, 6.45) is 2.96. The second kappa shape index (κ2) is 10.7. The molecule has 2 amide bonds. The predicted octanol–water partition coefficient (Wildman–Crippen LogP) is 3.97. The number of nitriles is 2. The van der Waals surface area contributed by atoms with Gasteiger partial charge in [0.05, 0.1) is 0 Å². The summed E-state index contributed by atoms with van der Waals surface area (Å²) in [7, 11) is 0. The molecule has 9 nitrogen and oxygen atoms in total. The lowest BCUT2D eigenvalue weighted by molar-refractivity contribution is -0.130. The van der Waals surface area contributed by atoms with Crippen LogP contribution in [0.5, 0.6) is 0 Å². The molecule has 0 bridgehead atoms. The average molecular weight is 509 g/mol. The summed E-state index contributed by atoms with van der Waals surface area (Å²) < 4.78 is 5.64. The van der Waals surface area contributed by atoms with E-state index in [2.05, 4.69) is 10.6 Å². The number of furan rings is 1. The van der Waals surface area contributed by atoms with Gasteiger partial charge in [0.1, 0.15) is 41.9 Å². The van der Waals surface area contributed by atoms with E-state index in [9.17, 15) is 20.1 Å². The highest BCUT2D eigenvalue weighted by Crippen LogP contribution is 2.29. The van der Waals surface area contributed by atoms with Crippen molar-refractivity contribution >= 4 is 34.2 Å². The number of nitrogens with zero attached hydrogens (tertiary/aromatic N) is 4. The van der Waals surface area contributed by atoms with Gasteiger partial charge >= 0.3 is 0 Å². The summed E-state index contributed by atoms with van der Waals surface area (Å²) in [5.41, 5.74) is 2.87. The van der Waals surface area contributed by atoms with Crippen LogP contribution in [0.2, 0.25) is 0 Å². The first-order valence-corrected chi connectivity index (χ1v) is 12.7. The number of carbonyl (C=O) groups is 2. The first-order chi connectivity index (χ1) is 18.5. The Morgan fingerprint density at radius 3 is 2.63 bits per heavy atom. The Balaban J connectivity index is 1.44. The summed E-state index contributed by atoms with van der Waals surface area (Å²) in [6, 6.07) is 18.0. The molecule has 1 fully saturated rings. The van der Waals surface area contributed by atoms with Gasteiger partial charge in [0.2, 0.25) is 11.8 Å². The SMILES string of the molecule is Cc1cc2cc(NC(NC3CCc4ccccc4N(CC(=O)N4CCCC4)C3=O)=C(C#N)C#N)ccc2o1. The van der Waals surface area contributed by atoms with Crippen molar-refractivity contribution in [2.45, 2.75) is 38.6 Å². The number of fused-ring (bicyclic) bond motifs is 2. The molecule has 192 valence electrons. The van der Waals surface area contributed by atoms with Crippen molar-refractivity contribution < 1.29 is 14.0 Å². The maximum Gasteiger partial charge on any atom is 0.250 e. The number of anilines is 2. The quantitative estimate of drug-likeness (QED) is 0.483. The van der Waals surface area contributed by atoms with E-state index in [1.54, 1.807) is 17.0 Å². The lowest BCUT2D eigenvalue weighted by Gasteiger charge is -2.28. The number of hydrogen-bond acceptors (Lipinski definition) is 7. The minimum Gasteiger partial charge on any atom is -0.461 e. The molecule has 0 saturated carbocycles. The molecule has 0 spiro atoms. The van der Waals surface area contributed by atoms with Crippen LogP contribution in [0.4, 0.5) is 11.4 Å². The van der Waals surface area contributed by atoms with E-state index in [-0.39, 0.29) is 29.8 Å². The Labute approximate surface area is 220 Å². The Hall–Kier alpha value is -4.76. The number of carbonyl (C=O) groups excluding carboxylic acids is 2. The van der Waals surface area contributed by atoms with Crippen LogP contribution in [0.25, 0.3) is 11.0 Å². The molecule has 0 radical (unpaired) electrons. The van der Waals surface area contributed by atoms with Crippen molar-refractivity contribution in [2.24, 2.45) is 0 Å². The molecule has 1 atom stereocenters. The van der Waals surface area contributed by atoms with E-state index in [1.165, 1.54) is 4.90 Å². The highest BCUT2D eigenvalue weighted by Gasteiger charge is 2.33. The predicted molar refractivity (Wildman–Crippen MR) is 143 cm³/mol. The number of nitrogens with one attached hydrogen (secondary N) is 2. The number of amides is 2. The number of benzene rings is 2. The molecule has 0 aliphatic carbocycles. The van der Waals surface area contributed by atoms with E-state index in [0.29, 0.717) is 31.6 Å². The first kappa shape index (κ1) is 24.9. The summed E-state index contributed by atoms with van der Waals surface area (Å²) in [4.78, 5) is 30.3. The smallest absolute Gasteiger partial charge is 0.250 e. The Kier molecular flexibility index (Phi) is 7.01. The van der Waals surface area contributed by atoms with Gasteiger partial charge in [-0.15, -0.1) is 0 Å². The second-order valence-electron chi connectivity index (χ2n) is 9.58. The molecular weight excluding hydrogens is 480 g/mol. The minimum absolute atomic E-state index is 0.0552. The third-order valence-electron chi connectivity index (χ3n) is 7.00. The van der Waals surface area contributed by atoms with Gasteiger partial charge in [-0.1, -0.05) is 18.2 Å². The van der Waals surface area contributed by atoms with Gasteiger partial charge in [-0.3, -0.25) is 9.59 Å². The van der Waals surface area contributed by atoms with Gasteiger partial charge in [0, 0.05) is 29.9 Å². The molecule has 1 unspecified atom stereocenters. The van der Waals surface area contributed by atoms with E-state index >= 15 is 0 Å². The summed E-state index contributed by atoms with van der Waals surface area (Å²) in [5, 5.41) is 26.5. The molecule has 5 rings (SSSR count). The van der Waals surface area contributed by atoms with E-state index in [4.69, 9.17) is 4.42 Å². The summed E-state index contributed by atoms with van der Waals surface area (Å²) in [6.45, 7) is 3.21. The Morgan fingerprint density at radius 1 is 1.11 bits per heavy atom. The summed E-state index contributed by atoms with van der Waals surface area (Å²) >= 11 is 0. The van der Waals surface area contributed by atoms with Gasteiger partial charge in [-0.05, 0) is 68.5 Å². The number of allylic oxidation sites excluding steroid dienone is 1. The van der Waals surface area contributed by atoms with Gasteiger partial charge < -0.3 is 24.9 Å². The third kappa shape index (κ3) is 5.05. The molecule has 2 aliphatic heterocycles. The fourth-order valence-corrected chi connectivity index (χ4v) is 5.09. The van der Waals surface area contributed by atoms with Crippen molar-refractivity contribution in [1.82, 2.24) is 10.2 Å². The van der Waals surface area contributed by atoms with Gasteiger partial charge in [0.15, 0.2) is 5.57 Å². The topological polar surface area (TPSA) is 125 Å². The maximum atomic E-state index is 13.9. The third-order valence-corrected chi connectivity index (χ3v) is 7.00. The van der Waals surface area contributed by atoms with E-state index in [0.717, 1.165) is 40.8 Å². The van der Waals surface area contributed by atoms with E-state index in [1.807, 2.05) is 55.5 Å². The number of rotatable bonds is 6. The highest BCUT2D eigenvalue weighted by molar-refractivity contribution is 6.03. The van der Waals surface area contributed by atoms with Gasteiger partial charge in [-0.25, -0.2) is 0 Å². The van der Waals surface area contributed by atoms with Crippen molar-refractivity contribution in [3.8, 4) is 12.1 Å². The second-order valence-corrected chi connectivity index (χ2v) is 9.58. The molecule has 9 heteroatoms. The molecule has 38 heavy (non-hydrogen) atoms. The van der Waals surface area contributed by atoms with Crippen LogP contribution in [0.1, 0.15) is 30.6 Å². The fraction of sp³-hybridized carbons (Fsp3) is 0.310. The summed E-state index contributed by atoms with van der Waals surface area (Å²) in [5.74, 6) is 0.550. The van der Waals surface area contributed by atoms with Crippen molar-refractivity contribution in [3.05, 3.63) is 71.2 Å². The lowest BCUT2D eigenvalue weighted by Crippen LogP contribution is -2.50. The van der Waals surface area contributed by atoms with Gasteiger partial charge in [-0.2, -0.15) is 10.5 Å². The molecule has 2 aliphatic rings. The van der Waals surface area contributed by atoms with Crippen molar-refractivity contribution in [1.29, 1.82) is 10.5 Å². The molecule has 3 heterocycles. The fourth-order valence-electron chi connectivity index (χ4n) is 5.09. The standard InChI is InChI=1S/C29H28N6O3/c1-19-14-21-15-23(9-11-26(21)38-19)32-28(22(16-30)17-31)33-24-10-8-20-6-2-3-7-25(20)35(29(24)37)18-27(36)34-12-4-5-13-34/h2-3,6-7,9,11,14-15,24,32-33H,4-5,8,10,12-13,18H2,1H3. The number of likely N-dealkylation sites (tertiary alicyclic amines) is 1. The van der Waals surface area contributed by atoms with Crippen LogP contribution in [0, 0.1) is 29.6 Å². The van der Waals surface area contributed by atoms with Gasteiger partial charge in [0.25, 0.3) is 0 Å². The Morgan fingerprint density at radius 2 is 1.87 bits per heavy atom. The number of para-hydroxylation sites is 1. The van der Waals surface area contributed by atoms with Crippen molar-refractivity contribution in [3.63, 3.8) is 0 Å². The molecule has 1 saturated heterocycles. The average Bonchev–Trinajstić information content (AvgIpc) is 3.56. The maximum absolute atomic E-state index is 13.9. The van der Waals surface area contributed by atoms with Crippen LogP contribution >= 0.6 is 0 Å². The highest BCUT2D eigenvalue weighted by atomic mass is 16.3. The molecular formula is C29H28N6O3. The largest absolute Gasteiger partial charge is 0.461 e. The normalized spacial score (nSPS) is 16.8. The Bertz CT molecular complexity index is 1490. The number of aryl methyl sites for hydroxylation is 2. The monoisotopic (exact) mass is 508 g/mol. The molecule has 1 aromatic heterocycles. The van der Waals surface area contributed by atoms with Crippen LogP contribution in [-0.4, -0.2) is 42.4 Å². The first-order valence-electron chi connectivity index (χ1n) is 12.7. The van der Waals surface area contributed by atoms with E-state index < -0.39 is 6.04 Å². The van der Waals surface area contributed by atoms with Crippen LogP contribution in [0.3, 0.4) is 0 Å². The zero-order chi connectivity index (χ0) is 26.6. The molecule has 2 N–H and O–H groups in total. The molecule has 2 aromatic carbocycles. The minimum atomic E-state index is -0.757.